The van der Waals surface area contributed by atoms with Crippen LogP contribution >= 0.6 is 0 Å². The van der Waals surface area contributed by atoms with Crippen LogP contribution in [0.5, 0.6) is 0 Å². The predicted molar refractivity (Wildman–Crippen MR) is 46.7 cm³/mol. The van der Waals surface area contributed by atoms with Crippen LogP contribution < -0.4 is 0 Å². The molecule has 9 heteroatoms. The van der Waals surface area contributed by atoms with Gasteiger partial charge in [0.2, 0.25) is 0 Å². The van der Waals surface area contributed by atoms with Crippen molar-refractivity contribution in [2.75, 3.05) is 12.5 Å². The van der Waals surface area contributed by atoms with Crippen molar-refractivity contribution in [3.63, 3.8) is 0 Å². The topological polar surface area (TPSA) is 52.6 Å². The molecule has 0 N–H and O–H groups in total. The van der Waals surface area contributed by atoms with Crippen LogP contribution in [0.2, 0.25) is 0 Å². The van der Waals surface area contributed by atoms with E-state index in [1.165, 1.54) is 0 Å². The maximum absolute atomic E-state index is 13.2. The van der Waals surface area contributed by atoms with E-state index in [1.807, 2.05) is 0 Å². The summed E-state index contributed by atoms with van der Waals surface area (Å²) in [6.07, 6.45) is -0.724. The lowest BCUT2D eigenvalue weighted by atomic mass is 9.98. The molecule has 1 unspecified atom stereocenters. The van der Waals surface area contributed by atoms with Crippen LogP contribution in [0.1, 0.15) is 20.3 Å². The van der Waals surface area contributed by atoms with E-state index in [1.54, 1.807) is 0 Å². The summed E-state index contributed by atoms with van der Waals surface area (Å²) in [7, 11) is -4.47. The number of ether oxygens (including phenoxy) is 1. The molecule has 0 aromatic rings. The highest BCUT2D eigenvalue weighted by molar-refractivity contribution is 7.86. The summed E-state index contributed by atoms with van der Waals surface area (Å²) >= 11 is 0. The van der Waals surface area contributed by atoms with Crippen molar-refractivity contribution < 1.29 is 35.2 Å². The van der Waals surface area contributed by atoms with Crippen molar-refractivity contribution in [1.82, 2.24) is 0 Å². The second kappa shape index (κ2) is 5.28. The van der Waals surface area contributed by atoms with Gasteiger partial charge in [-0.3, -0.25) is 0 Å². The Morgan fingerprint density at radius 3 is 2.06 bits per heavy atom. The Kier molecular flexibility index (Phi) is 5.15. The van der Waals surface area contributed by atoms with Gasteiger partial charge in [0.1, 0.15) is 0 Å². The molecular formula is C7H12F4O4S. The lowest BCUT2D eigenvalue weighted by molar-refractivity contribution is -0.124. The van der Waals surface area contributed by atoms with E-state index in [0.29, 0.717) is 13.8 Å². The summed E-state index contributed by atoms with van der Waals surface area (Å²) < 4.78 is 77.2. The zero-order valence-corrected chi connectivity index (χ0v) is 9.49. The number of alkyl halides is 3. The summed E-state index contributed by atoms with van der Waals surface area (Å²) in [6, 6.07) is 0. The lowest BCUT2D eigenvalue weighted by Gasteiger charge is -2.26. The Balaban J connectivity index is 4.02. The van der Waals surface area contributed by atoms with Crippen molar-refractivity contribution in [3.05, 3.63) is 0 Å². The standard InChI is InChI=1S/C7H12F4O4S/c1-6(8,7(2,9)10)3-4-14-5-16(12,13)15-11/h3-5H2,1-2H3. The molecule has 0 rings (SSSR count). The molecule has 0 bridgehead atoms. The average molecular weight is 268 g/mol. The number of halogens is 4. The minimum atomic E-state index is -4.47. The third-order valence-electron chi connectivity index (χ3n) is 1.95. The van der Waals surface area contributed by atoms with Crippen LogP contribution in [0.15, 0.2) is 0 Å². The van der Waals surface area contributed by atoms with E-state index in [2.05, 4.69) is 9.12 Å². The molecular weight excluding hydrogens is 256 g/mol. The highest BCUT2D eigenvalue weighted by Crippen LogP contribution is 2.34. The first kappa shape index (κ1) is 15.6. The first-order chi connectivity index (χ1) is 7.02. The maximum atomic E-state index is 13.2. The molecule has 16 heavy (non-hydrogen) atoms. The van der Waals surface area contributed by atoms with Crippen molar-refractivity contribution in [3.8, 4) is 0 Å². The molecule has 0 heterocycles. The molecule has 0 aromatic carbocycles. The summed E-state index contributed by atoms with van der Waals surface area (Å²) in [5.41, 5.74) is -2.83. The monoisotopic (exact) mass is 268 g/mol. The quantitative estimate of drug-likeness (QED) is 0.523. The Hall–Kier alpha value is -0.410. The molecule has 0 radical (unpaired) electrons. The Morgan fingerprint density at radius 2 is 1.69 bits per heavy atom. The van der Waals surface area contributed by atoms with Gasteiger partial charge in [-0.05, 0) is 11.4 Å². The molecule has 0 aromatic heterocycles. The Bertz CT molecular complexity index is 309. The molecule has 0 saturated heterocycles. The van der Waals surface area contributed by atoms with Gasteiger partial charge < -0.3 is 4.74 Å². The summed E-state index contributed by atoms with van der Waals surface area (Å²) in [5, 5.41) is 0. The second-order valence-corrected chi connectivity index (χ2v) is 4.96. The van der Waals surface area contributed by atoms with Crippen molar-refractivity contribution in [2.45, 2.75) is 31.9 Å². The van der Waals surface area contributed by atoms with E-state index in [-0.39, 0.29) is 0 Å². The van der Waals surface area contributed by atoms with E-state index in [9.17, 15) is 26.1 Å². The van der Waals surface area contributed by atoms with E-state index in [4.69, 9.17) is 0 Å². The molecule has 98 valence electrons. The lowest BCUT2D eigenvalue weighted by Crippen LogP contribution is -2.40. The van der Waals surface area contributed by atoms with Crippen LogP contribution in [0.25, 0.3) is 0 Å². The SMILES string of the molecule is CC(F)(F)C(C)(F)CCOCS(=O)(=O)OF. The van der Waals surface area contributed by atoms with Gasteiger partial charge in [-0.2, -0.15) is 8.42 Å². The van der Waals surface area contributed by atoms with E-state index < -0.39 is 40.7 Å². The van der Waals surface area contributed by atoms with Gasteiger partial charge in [0, 0.05) is 13.3 Å². The van der Waals surface area contributed by atoms with Gasteiger partial charge in [0.15, 0.2) is 11.6 Å². The van der Waals surface area contributed by atoms with Crippen molar-refractivity contribution >= 4 is 10.1 Å². The first-order valence-corrected chi connectivity index (χ1v) is 5.77. The molecule has 0 amide bonds. The number of rotatable bonds is 7. The van der Waals surface area contributed by atoms with Gasteiger partial charge in [0.25, 0.3) is 5.92 Å². The largest absolute Gasteiger partial charge is 0.363 e. The molecule has 0 aliphatic rings. The zero-order chi connectivity index (χ0) is 13.0. The highest BCUT2D eigenvalue weighted by atomic mass is 32.2. The molecule has 4 nitrogen and oxygen atoms in total. The smallest absolute Gasteiger partial charge is 0.321 e. The third kappa shape index (κ3) is 5.08. The van der Waals surface area contributed by atoms with Crippen LogP contribution in [-0.4, -0.2) is 32.6 Å². The van der Waals surface area contributed by atoms with Crippen molar-refractivity contribution in [1.29, 1.82) is 0 Å². The Morgan fingerprint density at radius 1 is 1.19 bits per heavy atom. The highest BCUT2D eigenvalue weighted by Gasteiger charge is 2.46. The predicted octanol–water partition coefficient (Wildman–Crippen LogP) is 1.96. The van der Waals surface area contributed by atoms with Crippen LogP contribution in [0.4, 0.5) is 17.7 Å². The normalized spacial score (nSPS) is 17.1. The second-order valence-electron chi connectivity index (χ2n) is 3.48. The molecule has 0 fully saturated rings. The maximum Gasteiger partial charge on any atom is 0.321 e. The molecule has 0 saturated carbocycles. The summed E-state index contributed by atoms with van der Waals surface area (Å²) in [6.45, 7) is 0.462. The molecule has 0 aliphatic heterocycles. The van der Waals surface area contributed by atoms with Crippen LogP contribution in [0, 0.1) is 0 Å². The zero-order valence-electron chi connectivity index (χ0n) is 8.67. The molecule has 1 atom stereocenters. The number of hydrogen-bond acceptors (Lipinski definition) is 4. The van der Waals surface area contributed by atoms with Gasteiger partial charge in [-0.1, -0.05) is 4.39 Å². The fourth-order valence-electron chi connectivity index (χ4n) is 0.663. The van der Waals surface area contributed by atoms with Crippen molar-refractivity contribution in [2.24, 2.45) is 0 Å². The average Bonchev–Trinajstić information content (AvgIpc) is 2.11. The van der Waals surface area contributed by atoms with Crippen LogP contribution in [-0.2, 0) is 19.2 Å². The van der Waals surface area contributed by atoms with E-state index >= 15 is 0 Å². The fraction of sp³-hybridized carbons (Fsp3) is 1.00. The Labute approximate surface area is 90.6 Å². The van der Waals surface area contributed by atoms with Gasteiger partial charge in [-0.15, -0.1) is 0 Å². The van der Waals surface area contributed by atoms with E-state index in [0.717, 1.165) is 0 Å². The molecule has 0 aliphatic carbocycles. The van der Waals surface area contributed by atoms with Crippen LogP contribution in [0.3, 0.4) is 0 Å². The summed E-state index contributed by atoms with van der Waals surface area (Å²) in [5.74, 6) is -4.74. The molecule has 0 spiro atoms. The first-order valence-electron chi connectivity index (χ1n) is 4.19. The fourth-order valence-corrected chi connectivity index (χ4v) is 1.02. The van der Waals surface area contributed by atoms with Gasteiger partial charge in [0.05, 0.1) is 6.61 Å². The minimum absolute atomic E-state index is 0.397. The minimum Gasteiger partial charge on any atom is -0.363 e. The number of hydrogen-bond donors (Lipinski definition) is 0. The summed E-state index contributed by atoms with van der Waals surface area (Å²) in [4.78, 5) is 0. The third-order valence-corrected chi connectivity index (χ3v) is 2.60. The van der Waals surface area contributed by atoms with Gasteiger partial charge >= 0.3 is 10.1 Å². The van der Waals surface area contributed by atoms with Gasteiger partial charge in [-0.25, -0.2) is 13.2 Å².